The van der Waals surface area contributed by atoms with Gasteiger partial charge in [-0.1, -0.05) is 6.42 Å². The third-order valence-corrected chi connectivity index (χ3v) is 18.4. The molecule has 2 N–H and O–H groups in total. The van der Waals surface area contributed by atoms with Crippen LogP contribution in [0.4, 0.5) is 28.9 Å². The van der Waals surface area contributed by atoms with Crippen molar-refractivity contribution in [3.8, 4) is 22.5 Å². The largest absolute Gasteiger partial charge is 0.375 e. The number of fused-ring (bicyclic) bond motifs is 6. The zero-order valence-corrected chi connectivity index (χ0v) is 36.8. The molecule has 0 saturated carbocycles. The quantitative estimate of drug-likeness (QED) is 0.137. The molecule has 6 fully saturated rings. The zero-order valence-electron chi connectivity index (χ0n) is 35.1. The molecule has 0 spiro atoms. The van der Waals surface area contributed by atoms with E-state index in [1.807, 2.05) is 6.07 Å². The number of halogens is 4. The lowest BCUT2D eigenvalue weighted by Crippen LogP contribution is -2.43. The molecule has 0 aliphatic carbocycles. The minimum absolute atomic E-state index is 0.0366. The number of aromatic nitrogens is 4. The summed E-state index contributed by atoms with van der Waals surface area (Å²) in [5.41, 5.74) is 5.23. The number of piperidine rings is 1. The van der Waals surface area contributed by atoms with E-state index in [4.69, 9.17) is 9.72 Å². The SMILES string of the molecule is O=S(=O)(c1ccc(N2CCC(F)(F)C2)c(-c2cc3nc(C4CC(F)(F)CN4c4ccc(S(=O)(=O)N5C[C@@H]6C[C@H]5CO6)cc4-c4cc5ncccc5[nH]4)ccc3[nH]2)c1)N1C2CCCC1CC2. The first-order valence-electron chi connectivity index (χ1n) is 22.3. The number of nitrogens with one attached hydrogen (secondary N) is 2. The second-order valence-corrected chi connectivity index (χ2v) is 22.4. The van der Waals surface area contributed by atoms with E-state index < -0.39 is 57.4 Å². The number of benzene rings is 2. The predicted octanol–water partition coefficient (Wildman–Crippen LogP) is 8.07. The summed E-state index contributed by atoms with van der Waals surface area (Å²) in [4.78, 5) is 19.3. The summed E-state index contributed by atoms with van der Waals surface area (Å²) in [7, 11) is -7.89. The molecule has 3 unspecified atom stereocenters. The minimum Gasteiger partial charge on any atom is -0.375 e. The first kappa shape index (κ1) is 41.4. The van der Waals surface area contributed by atoms with E-state index in [2.05, 4.69) is 15.0 Å². The van der Waals surface area contributed by atoms with Crippen molar-refractivity contribution in [1.29, 1.82) is 0 Å². The predicted molar refractivity (Wildman–Crippen MR) is 236 cm³/mol. The van der Waals surface area contributed by atoms with Crippen LogP contribution >= 0.6 is 0 Å². The molecule has 340 valence electrons. The Morgan fingerprint density at radius 3 is 2.09 bits per heavy atom. The van der Waals surface area contributed by atoms with Crippen molar-refractivity contribution in [2.45, 2.75) is 103 Å². The van der Waals surface area contributed by atoms with Crippen LogP contribution in [-0.2, 0) is 24.8 Å². The van der Waals surface area contributed by atoms with Crippen molar-refractivity contribution in [3.05, 3.63) is 84.7 Å². The maximum atomic E-state index is 15.9. The fraction of sp³-hybridized carbons (Fsp3) is 0.435. The van der Waals surface area contributed by atoms with Gasteiger partial charge in [0.05, 0.1) is 86.8 Å². The summed E-state index contributed by atoms with van der Waals surface area (Å²) in [6.07, 6.45) is 5.38. The van der Waals surface area contributed by atoms with Crippen LogP contribution in [-0.4, -0.2) is 114 Å². The van der Waals surface area contributed by atoms with Crippen LogP contribution in [0.5, 0.6) is 0 Å². The molecular weight excluding hydrogens is 885 g/mol. The van der Waals surface area contributed by atoms with E-state index in [0.717, 1.165) is 32.1 Å². The minimum atomic E-state index is -3.97. The van der Waals surface area contributed by atoms with E-state index in [1.54, 1.807) is 74.9 Å². The van der Waals surface area contributed by atoms with Crippen molar-refractivity contribution in [2.75, 3.05) is 42.6 Å². The Balaban J connectivity index is 0.935. The standard InChI is InChI=1S/C46H46F4N8O5S2/c47-45(48)14-16-55(25-45)42-12-8-32(65(61,62)58-27-3-1-4-28(58)7-6-27)19-33(42)39-21-41-36(53-39)10-11-37(54-41)44-22-46(49,50)26-56(44)43-13-9-31(64(59,60)57-23-30-17-29(57)24-63-30)18-34(43)38-20-40-35(52-38)5-2-15-51-40/h2,5,8-13,15,18-21,27-30,44,52-53H,1,3-4,6-7,14,16-17,22-26H2/t27?,28?,29-,30-,44?/m0/s1. The molecule has 6 aromatic rings. The number of pyridine rings is 2. The lowest BCUT2D eigenvalue weighted by molar-refractivity contribution is 0.0220. The second kappa shape index (κ2) is 14.7. The van der Waals surface area contributed by atoms with Gasteiger partial charge in [-0.15, -0.1) is 0 Å². The van der Waals surface area contributed by atoms with Crippen LogP contribution in [0.25, 0.3) is 44.6 Å². The summed E-state index contributed by atoms with van der Waals surface area (Å²) < 4.78 is 127. The van der Waals surface area contributed by atoms with Crippen molar-refractivity contribution in [1.82, 2.24) is 28.5 Å². The number of nitrogens with zero attached hydrogens (tertiary/aromatic N) is 6. The molecule has 5 atom stereocenters. The van der Waals surface area contributed by atoms with Crippen LogP contribution in [0, 0.1) is 0 Å². The van der Waals surface area contributed by atoms with Gasteiger partial charge in [-0.3, -0.25) is 4.98 Å². The Hall–Kier alpha value is -5.08. The summed E-state index contributed by atoms with van der Waals surface area (Å²) in [5, 5.41) is 0. The van der Waals surface area contributed by atoms with Crippen molar-refractivity contribution < 1.29 is 39.1 Å². The highest BCUT2D eigenvalue weighted by atomic mass is 32.2. The fourth-order valence-corrected chi connectivity index (χ4v) is 15.1. The molecule has 0 amide bonds. The Morgan fingerprint density at radius 2 is 1.42 bits per heavy atom. The molecule has 65 heavy (non-hydrogen) atoms. The lowest BCUT2D eigenvalue weighted by atomic mass is 10.1. The summed E-state index contributed by atoms with van der Waals surface area (Å²) in [6, 6.07) is 18.4. The third kappa shape index (κ3) is 6.93. The fourth-order valence-electron chi connectivity index (χ4n) is 11.4. The van der Waals surface area contributed by atoms with Crippen LogP contribution in [0.1, 0.15) is 63.1 Å². The number of sulfonamides is 2. The number of alkyl halides is 4. The van der Waals surface area contributed by atoms with Gasteiger partial charge in [-0.25, -0.2) is 39.4 Å². The molecule has 10 heterocycles. The van der Waals surface area contributed by atoms with Gasteiger partial charge in [-0.05, 0) is 105 Å². The number of rotatable bonds is 9. The van der Waals surface area contributed by atoms with E-state index in [9.17, 15) is 25.6 Å². The van der Waals surface area contributed by atoms with E-state index in [1.165, 1.54) is 16.4 Å². The van der Waals surface area contributed by atoms with Crippen molar-refractivity contribution >= 4 is 53.5 Å². The molecule has 13 nitrogen and oxygen atoms in total. The topological polar surface area (TPSA) is 148 Å². The lowest BCUT2D eigenvalue weighted by Gasteiger charge is -2.34. The van der Waals surface area contributed by atoms with E-state index in [0.29, 0.717) is 74.7 Å². The van der Waals surface area contributed by atoms with Gasteiger partial charge < -0.3 is 24.5 Å². The van der Waals surface area contributed by atoms with Gasteiger partial charge >= 0.3 is 0 Å². The Bertz CT molecular complexity index is 3080. The molecule has 19 heteroatoms. The molecule has 12 rings (SSSR count). The number of ether oxygens (including phenoxy) is 1. The molecule has 6 aliphatic rings. The Kier molecular flexibility index (Phi) is 9.36. The van der Waals surface area contributed by atoms with Gasteiger partial charge in [0.25, 0.3) is 11.8 Å². The van der Waals surface area contributed by atoms with Crippen molar-refractivity contribution in [2.24, 2.45) is 0 Å². The van der Waals surface area contributed by atoms with E-state index in [-0.39, 0.29) is 53.5 Å². The molecule has 0 radical (unpaired) electrons. The van der Waals surface area contributed by atoms with Gasteiger partial charge in [0, 0.05) is 66.7 Å². The van der Waals surface area contributed by atoms with Crippen LogP contribution < -0.4 is 9.80 Å². The normalized spacial score (nSPS) is 26.7. The number of morpholine rings is 1. The molecular formula is C46H46F4N8O5S2. The maximum absolute atomic E-state index is 15.9. The second-order valence-electron chi connectivity index (χ2n) is 18.6. The molecule has 6 saturated heterocycles. The monoisotopic (exact) mass is 930 g/mol. The number of hydrogen-bond acceptors (Lipinski definition) is 9. The van der Waals surface area contributed by atoms with Gasteiger partial charge in [-0.2, -0.15) is 8.61 Å². The van der Waals surface area contributed by atoms with E-state index >= 15 is 8.78 Å². The van der Waals surface area contributed by atoms with Crippen LogP contribution in [0.15, 0.2) is 88.8 Å². The zero-order chi connectivity index (χ0) is 44.6. The van der Waals surface area contributed by atoms with Gasteiger partial charge in [0.15, 0.2) is 0 Å². The highest BCUT2D eigenvalue weighted by Crippen LogP contribution is 2.48. The van der Waals surface area contributed by atoms with Crippen molar-refractivity contribution in [3.63, 3.8) is 0 Å². The summed E-state index contributed by atoms with van der Waals surface area (Å²) in [5.74, 6) is -6.06. The first-order chi connectivity index (χ1) is 31.1. The highest BCUT2D eigenvalue weighted by molar-refractivity contribution is 7.89. The number of H-pyrrole nitrogens is 2. The average molecular weight is 931 g/mol. The molecule has 2 aromatic carbocycles. The van der Waals surface area contributed by atoms with Gasteiger partial charge in [0.2, 0.25) is 20.0 Å². The number of hydrogen-bond donors (Lipinski definition) is 2. The van der Waals surface area contributed by atoms with Gasteiger partial charge in [0.1, 0.15) is 0 Å². The van der Waals surface area contributed by atoms with Crippen LogP contribution in [0.2, 0.25) is 0 Å². The Morgan fingerprint density at radius 1 is 0.723 bits per heavy atom. The number of anilines is 2. The highest BCUT2D eigenvalue weighted by Gasteiger charge is 2.49. The third-order valence-electron chi connectivity index (χ3n) is 14.5. The summed E-state index contributed by atoms with van der Waals surface area (Å²) in [6.45, 7) is -0.539. The molecule has 4 aromatic heterocycles. The number of aromatic amines is 2. The first-order valence-corrected chi connectivity index (χ1v) is 25.1. The van der Waals surface area contributed by atoms with Crippen LogP contribution in [0.3, 0.4) is 0 Å². The Labute approximate surface area is 372 Å². The molecule has 4 bridgehead atoms. The average Bonchev–Trinajstić information content (AvgIpc) is 4.17. The molecule has 6 aliphatic heterocycles. The summed E-state index contributed by atoms with van der Waals surface area (Å²) >= 11 is 0. The smallest absolute Gasteiger partial charge is 0.267 e. The maximum Gasteiger partial charge on any atom is 0.267 e.